The molecule has 3 heteroatoms. The smallest absolute Gasteiger partial charge is 0.119 e. The molecule has 1 aliphatic rings. The lowest BCUT2D eigenvalue weighted by atomic mass is 10.0. The Morgan fingerprint density at radius 3 is 3.11 bits per heavy atom. The zero-order valence-electron chi connectivity index (χ0n) is 11.1. The van der Waals surface area contributed by atoms with E-state index in [1.165, 1.54) is 5.56 Å². The fourth-order valence-corrected chi connectivity index (χ4v) is 2.17. The average molecular weight is 249 g/mol. The summed E-state index contributed by atoms with van der Waals surface area (Å²) in [5.74, 6) is 0.923. The van der Waals surface area contributed by atoms with Gasteiger partial charge in [-0.15, -0.1) is 0 Å². The normalized spacial score (nSPS) is 20.9. The van der Waals surface area contributed by atoms with E-state index in [1.807, 2.05) is 12.1 Å². The number of benzene rings is 1. The van der Waals surface area contributed by atoms with Crippen LogP contribution < -0.4 is 10.5 Å². The summed E-state index contributed by atoms with van der Waals surface area (Å²) in [5, 5.41) is 0. The molecule has 0 aliphatic carbocycles. The summed E-state index contributed by atoms with van der Waals surface area (Å²) in [6.45, 7) is 3.64. The molecule has 18 heavy (non-hydrogen) atoms. The maximum atomic E-state index is 5.97. The molecule has 3 nitrogen and oxygen atoms in total. The van der Waals surface area contributed by atoms with Crippen molar-refractivity contribution in [1.29, 1.82) is 0 Å². The molecule has 2 unspecified atom stereocenters. The fraction of sp³-hybridized carbons (Fsp3) is 0.600. The van der Waals surface area contributed by atoms with Gasteiger partial charge < -0.3 is 15.2 Å². The van der Waals surface area contributed by atoms with Crippen molar-refractivity contribution in [2.45, 2.75) is 44.8 Å². The average Bonchev–Trinajstić information content (AvgIpc) is 2.90. The van der Waals surface area contributed by atoms with Crippen molar-refractivity contribution in [2.75, 3.05) is 13.2 Å². The first-order valence-electron chi connectivity index (χ1n) is 6.87. The minimum atomic E-state index is 0.235. The summed E-state index contributed by atoms with van der Waals surface area (Å²) < 4.78 is 11.3. The van der Waals surface area contributed by atoms with Gasteiger partial charge in [0.1, 0.15) is 12.4 Å². The van der Waals surface area contributed by atoms with Gasteiger partial charge in [0.15, 0.2) is 0 Å². The Balaban J connectivity index is 1.86. The van der Waals surface area contributed by atoms with E-state index in [4.69, 9.17) is 15.2 Å². The van der Waals surface area contributed by atoms with Crippen molar-refractivity contribution in [1.82, 2.24) is 0 Å². The molecule has 1 aliphatic heterocycles. The molecule has 100 valence electrons. The van der Waals surface area contributed by atoms with Crippen LogP contribution in [-0.2, 0) is 11.2 Å². The topological polar surface area (TPSA) is 44.5 Å². The maximum absolute atomic E-state index is 5.97. The van der Waals surface area contributed by atoms with Crippen molar-refractivity contribution in [3.63, 3.8) is 0 Å². The largest absolute Gasteiger partial charge is 0.491 e. The van der Waals surface area contributed by atoms with E-state index in [9.17, 15) is 0 Å². The van der Waals surface area contributed by atoms with Crippen molar-refractivity contribution in [3.8, 4) is 5.75 Å². The Hall–Kier alpha value is -1.06. The summed E-state index contributed by atoms with van der Waals surface area (Å²) in [6, 6.07) is 8.45. The van der Waals surface area contributed by atoms with Crippen molar-refractivity contribution in [3.05, 3.63) is 29.8 Å². The number of hydrogen-bond donors (Lipinski definition) is 1. The van der Waals surface area contributed by atoms with Crippen LogP contribution in [0.3, 0.4) is 0 Å². The molecule has 0 bridgehead atoms. The zero-order valence-corrected chi connectivity index (χ0v) is 11.1. The van der Waals surface area contributed by atoms with Crippen LogP contribution in [0.4, 0.5) is 0 Å². The molecule has 1 fully saturated rings. The Morgan fingerprint density at radius 2 is 2.39 bits per heavy atom. The molecule has 2 N–H and O–H groups in total. The van der Waals surface area contributed by atoms with E-state index in [1.54, 1.807) is 0 Å². The molecule has 2 atom stereocenters. The first-order chi connectivity index (χ1) is 8.78. The third-order valence-corrected chi connectivity index (χ3v) is 3.38. The monoisotopic (exact) mass is 249 g/mol. The lowest BCUT2D eigenvalue weighted by molar-refractivity contribution is 0.0679. The highest BCUT2D eigenvalue weighted by molar-refractivity contribution is 5.29. The molecular weight excluding hydrogens is 226 g/mol. The Morgan fingerprint density at radius 1 is 1.50 bits per heavy atom. The summed E-state index contributed by atoms with van der Waals surface area (Å²) in [4.78, 5) is 0. The predicted molar refractivity (Wildman–Crippen MR) is 72.9 cm³/mol. The molecule has 1 aromatic rings. The van der Waals surface area contributed by atoms with E-state index in [2.05, 4.69) is 19.1 Å². The molecule has 0 spiro atoms. The van der Waals surface area contributed by atoms with E-state index in [-0.39, 0.29) is 12.1 Å². The molecule has 2 rings (SSSR count). The van der Waals surface area contributed by atoms with Crippen LogP contribution in [-0.4, -0.2) is 25.4 Å². The summed E-state index contributed by atoms with van der Waals surface area (Å²) >= 11 is 0. The number of ether oxygens (including phenoxy) is 2. The summed E-state index contributed by atoms with van der Waals surface area (Å²) in [7, 11) is 0. The highest BCUT2D eigenvalue weighted by Crippen LogP contribution is 2.18. The first kappa shape index (κ1) is 13.4. The lowest BCUT2D eigenvalue weighted by Gasteiger charge is -2.13. The number of hydrogen-bond acceptors (Lipinski definition) is 3. The van der Waals surface area contributed by atoms with E-state index < -0.39 is 0 Å². The molecule has 1 heterocycles. The van der Waals surface area contributed by atoms with Gasteiger partial charge >= 0.3 is 0 Å². The zero-order chi connectivity index (χ0) is 12.8. The fourth-order valence-electron chi connectivity index (χ4n) is 2.17. The minimum absolute atomic E-state index is 0.235. The molecule has 0 radical (unpaired) electrons. The summed E-state index contributed by atoms with van der Waals surface area (Å²) in [5.41, 5.74) is 7.21. The first-order valence-corrected chi connectivity index (χ1v) is 6.87. The maximum Gasteiger partial charge on any atom is 0.119 e. The molecular formula is C15H23NO2. The second kappa shape index (κ2) is 6.76. The SMILES string of the molecule is CCC(N)Cc1cccc(OCC2CCCO2)c1. The molecule has 0 amide bonds. The number of nitrogens with two attached hydrogens (primary N) is 1. The van der Waals surface area contributed by atoms with Gasteiger partial charge in [0, 0.05) is 12.6 Å². The van der Waals surface area contributed by atoms with E-state index >= 15 is 0 Å². The van der Waals surface area contributed by atoms with Crippen LogP contribution in [0.15, 0.2) is 24.3 Å². The van der Waals surface area contributed by atoms with Crippen LogP contribution in [0.5, 0.6) is 5.75 Å². The van der Waals surface area contributed by atoms with Crippen LogP contribution >= 0.6 is 0 Å². The van der Waals surface area contributed by atoms with Crippen molar-refractivity contribution < 1.29 is 9.47 Å². The minimum Gasteiger partial charge on any atom is -0.491 e. The second-order valence-electron chi connectivity index (χ2n) is 4.97. The van der Waals surface area contributed by atoms with Crippen LogP contribution in [0.1, 0.15) is 31.7 Å². The van der Waals surface area contributed by atoms with Crippen LogP contribution in [0, 0.1) is 0 Å². The summed E-state index contributed by atoms with van der Waals surface area (Å²) in [6.07, 6.45) is 4.45. The molecule has 1 aromatic carbocycles. The molecule has 1 saturated heterocycles. The highest BCUT2D eigenvalue weighted by atomic mass is 16.5. The Kier molecular flexibility index (Phi) is 5.02. The Bertz CT molecular complexity index is 361. The van der Waals surface area contributed by atoms with Crippen LogP contribution in [0.2, 0.25) is 0 Å². The standard InChI is InChI=1S/C15H23NO2/c1-2-13(16)9-12-5-3-6-14(10-12)18-11-15-7-4-8-17-15/h3,5-6,10,13,15H,2,4,7-9,11,16H2,1H3. The van der Waals surface area contributed by atoms with Crippen molar-refractivity contribution in [2.24, 2.45) is 5.73 Å². The third kappa shape index (κ3) is 4.00. The van der Waals surface area contributed by atoms with Gasteiger partial charge in [-0.1, -0.05) is 19.1 Å². The van der Waals surface area contributed by atoms with E-state index in [0.717, 1.165) is 38.0 Å². The Labute approximate surface area is 109 Å². The quantitative estimate of drug-likeness (QED) is 0.842. The second-order valence-corrected chi connectivity index (χ2v) is 4.97. The molecule has 0 aromatic heterocycles. The van der Waals surface area contributed by atoms with Gasteiger partial charge in [0.05, 0.1) is 6.10 Å². The van der Waals surface area contributed by atoms with Gasteiger partial charge in [0.25, 0.3) is 0 Å². The van der Waals surface area contributed by atoms with Gasteiger partial charge in [-0.25, -0.2) is 0 Å². The van der Waals surface area contributed by atoms with E-state index in [0.29, 0.717) is 6.61 Å². The van der Waals surface area contributed by atoms with Gasteiger partial charge in [-0.05, 0) is 43.4 Å². The highest BCUT2D eigenvalue weighted by Gasteiger charge is 2.15. The third-order valence-electron chi connectivity index (χ3n) is 3.38. The lowest BCUT2D eigenvalue weighted by Crippen LogP contribution is -2.21. The van der Waals surface area contributed by atoms with Gasteiger partial charge in [-0.2, -0.15) is 0 Å². The molecule has 0 saturated carbocycles. The van der Waals surface area contributed by atoms with Gasteiger partial charge in [-0.3, -0.25) is 0 Å². The predicted octanol–water partition coefficient (Wildman–Crippen LogP) is 2.52. The van der Waals surface area contributed by atoms with Crippen molar-refractivity contribution >= 4 is 0 Å². The van der Waals surface area contributed by atoms with Gasteiger partial charge in [0.2, 0.25) is 0 Å². The van der Waals surface area contributed by atoms with Crippen LogP contribution in [0.25, 0.3) is 0 Å². The number of rotatable bonds is 6.